The zero-order valence-corrected chi connectivity index (χ0v) is 38.6. The van der Waals surface area contributed by atoms with Gasteiger partial charge in [0.15, 0.2) is 0 Å². The first kappa shape index (κ1) is 43.7. The van der Waals surface area contributed by atoms with Gasteiger partial charge in [0, 0.05) is 65.0 Å². The Bertz CT molecular complexity index is 3230. The molecule has 0 bridgehead atoms. The van der Waals surface area contributed by atoms with Crippen molar-refractivity contribution in [3.8, 4) is 11.5 Å². The third-order valence-corrected chi connectivity index (χ3v) is 13.1. The van der Waals surface area contributed by atoms with Gasteiger partial charge in [0.2, 0.25) is 0 Å². The Morgan fingerprint density at radius 3 is 1.36 bits per heavy atom. The van der Waals surface area contributed by atoms with Gasteiger partial charge in [-0.15, -0.1) is 6.58 Å². The molecular formula is C63H54N2O4. The van der Waals surface area contributed by atoms with Crippen molar-refractivity contribution >= 4 is 84.7 Å². The van der Waals surface area contributed by atoms with E-state index >= 15 is 0 Å². The molecule has 2 unspecified atom stereocenters. The van der Waals surface area contributed by atoms with Crippen LogP contribution in [0.25, 0.3) is 50.5 Å². The molecule has 0 spiro atoms. The quantitative estimate of drug-likeness (QED) is 0.0515. The molecule has 2 fully saturated rings. The van der Waals surface area contributed by atoms with Crippen LogP contribution in [-0.4, -0.2) is 38.6 Å². The van der Waals surface area contributed by atoms with E-state index < -0.39 is 0 Å². The molecule has 0 amide bonds. The number of hydrogen-bond donors (Lipinski definition) is 0. The van der Waals surface area contributed by atoms with Gasteiger partial charge >= 0.3 is 0 Å². The molecule has 2 saturated heterocycles. The zero-order valence-electron chi connectivity index (χ0n) is 38.6. The van der Waals surface area contributed by atoms with Crippen LogP contribution in [0, 0.1) is 0 Å². The third kappa shape index (κ3) is 9.64. The van der Waals surface area contributed by atoms with Crippen molar-refractivity contribution in [2.75, 3.05) is 36.2 Å². The average Bonchev–Trinajstić information content (AvgIpc) is 3.36. The first-order valence-corrected chi connectivity index (χ1v) is 24.0. The van der Waals surface area contributed by atoms with Gasteiger partial charge in [-0.2, -0.15) is 0 Å². The maximum Gasteiger partial charge on any atom is 0.119 e. The molecular weight excluding hydrogens is 849 g/mol. The van der Waals surface area contributed by atoms with Gasteiger partial charge in [0.1, 0.15) is 24.7 Å². The lowest BCUT2D eigenvalue weighted by Crippen LogP contribution is -2.32. The van der Waals surface area contributed by atoms with Crippen LogP contribution in [0.5, 0.6) is 11.5 Å². The largest absolute Gasteiger partial charge is 0.491 e. The number of anilines is 6. The van der Waals surface area contributed by atoms with E-state index in [0.717, 1.165) is 94.8 Å². The normalized spacial score (nSPS) is 15.6. The first-order chi connectivity index (χ1) is 34.1. The molecule has 0 aliphatic carbocycles. The summed E-state index contributed by atoms with van der Waals surface area (Å²) in [6.07, 6.45) is 13.9. The van der Waals surface area contributed by atoms with E-state index in [1.807, 2.05) is 6.08 Å². The molecule has 9 aromatic carbocycles. The average molecular weight is 903 g/mol. The van der Waals surface area contributed by atoms with Crippen LogP contribution in [0.15, 0.2) is 207 Å². The second kappa shape index (κ2) is 20.1. The summed E-state index contributed by atoms with van der Waals surface area (Å²) >= 11 is 0. The molecule has 6 heteroatoms. The number of rotatable bonds is 17. The molecule has 69 heavy (non-hydrogen) atoms. The van der Waals surface area contributed by atoms with E-state index in [-0.39, 0.29) is 12.2 Å². The highest BCUT2D eigenvalue weighted by atomic mass is 16.6. The standard InChI is InChI=1S/C63H54N2O4/c1-2-3-4-11-47-40-48-12-5-8-15-59(48)62(41-47)64(52-28-32-55(33-29-52)68-43-57-36-38-66-57)51-24-20-45(21-25-51)18-19-46-22-26-53(27-23-46)65(54-30-34-56(35-31-54)69-44-58-37-39-67-58)63-60-16-9-6-13-49(60)42-50-14-7-10-17-61(50)63/h2,4-35,40-42,57-58H,1,3,36-39,43-44H2/b11-4-,19-18?. The Hall–Kier alpha value is -7.90. The van der Waals surface area contributed by atoms with E-state index in [0.29, 0.717) is 13.2 Å². The maximum atomic E-state index is 6.13. The molecule has 340 valence electrons. The predicted molar refractivity (Wildman–Crippen MR) is 287 cm³/mol. The fraction of sp³-hybridized carbons (Fsp3) is 0.143. The van der Waals surface area contributed by atoms with Crippen molar-refractivity contribution in [3.63, 3.8) is 0 Å². The summed E-state index contributed by atoms with van der Waals surface area (Å²) in [6, 6.07) is 67.2. The highest BCUT2D eigenvalue weighted by molar-refractivity contribution is 6.14. The Labute approximate surface area is 404 Å². The molecule has 0 N–H and O–H groups in total. The lowest BCUT2D eigenvalue weighted by Gasteiger charge is -2.29. The molecule has 0 radical (unpaired) electrons. The number of benzene rings is 9. The minimum absolute atomic E-state index is 0.177. The van der Waals surface area contributed by atoms with Crippen LogP contribution >= 0.6 is 0 Å². The fourth-order valence-corrected chi connectivity index (χ4v) is 9.21. The second-order valence-corrected chi connectivity index (χ2v) is 17.7. The van der Waals surface area contributed by atoms with Crippen molar-refractivity contribution in [2.24, 2.45) is 0 Å². The van der Waals surface area contributed by atoms with Gasteiger partial charge in [-0.25, -0.2) is 0 Å². The fourth-order valence-electron chi connectivity index (χ4n) is 9.21. The highest BCUT2D eigenvalue weighted by Gasteiger charge is 2.22. The van der Waals surface area contributed by atoms with Crippen LogP contribution in [0.1, 0.15) is 36.0 Å². The molecule has 11 rings (SSSR count). The Balaban J connectivity index is 0.901. The SMILES string of the molecule is C=CC/C=C\c1cc(N(c2ccc(C=Cc3ccc(N(c4ccc(OCC5CCO5)cc4)c4c5ccccc5cc5ccccc45)cc3)cc2)c2ccc(OCC3CCO3)cc2)c2ccccc2c1. The van der Waals surface area contributed by atoms with Gasteiger partial charge < -0.3 is 28.7 Å². The van der Waals surface area contributed by atoms with E-state index in [9.17, 15) is 0 Å². The third-order valence-electron chi connectivity index (χ3n) is 13.1. The van der Waals surface area contributed by atoms with Gasteiger partial charge in [0.25, 0.3) is 0 Å². The van der Waals surface area contributed by atoms with Crippen molar-refractivity contribution < 1.29 is 18.9 Å². The topological polar surface area (TPSA) is 43.4 Å². The van der Waals surface area contributed by atoms with Crippen LogP contribution < -0.4 is 19.3 Å². The van der Waals surface area contributed by atoms with E-state index in [2.05, 4.69) is 229 Å². The van der Waals surface area contributed by atoms with Crippen LogP contribution in [0.2, 0.25) is 0 Å². The van der Waals surface area contributed by atoms with Crippen molar-refractivity contribution in [1.29, 1.82) is 0 Å². The molecule has 2 aliphatic heterocycles. The predicted octanol–water partition coefficient (Wildman–Crippen LogP) is 16.2. The summed E-state index contributed by atoms with van der Waals surface area (Å²) in [5.41, 5.74) is 9.79. The number of fused-ring (bicyclic) bond motifs is 3. The number of allylic oxidation sites excluding steroid dienone is 2. The summed E-state index contributed by atoms with van der Waals surface area (Å²) in [5, 5.41) is 7.11. The summed E-state index contributed by atoms with van der Waals surface area (Å²) in [5.74, 6) is 1.67. The first-order valence-electron chi connectivity index (χ1n) is 24.0. The Morgan fingerprint density at radius 2 is 0.899 bits per heavy atom. The van der Waals surface area contributed by atoms with Crippen LogP contribution in [0.3, 0.4) is 0 Å². The summed E-state index contributed by atoms with van der Waals surface area (Å²) in [7, 11) is 0. The minimum Gasteiger partial charge on any atom is -0.491 e. The van der Waals surface area contributed by atoms with Crippen molar-refractivity contribution in [2.45, 2.75) is 31.5 Å². The maximum absolute atomic E-state index is 6.13. The van der Waals surface area contributed by atoms with E-state index in [1.54, 1.807) is 0 Å². The molecule has 2 heterocycles. The molecule has 0 aromatic heterocycles. The van der Waals surface area contributed by atoms with Gasteiger partial charge in [-0.3, -0.25) is 0 Å². The summed E-state index contributed by atoms with van der Waals surface area (Å²) in [4.78, 5) is 4.72. The monoisotopic (exact) mass is 902 g/mol. The Morgan fingerprint density at radius 1 is 0.464 bits per heavy atom. The molecule has 2 aliphatic rings. The number of ether oxygens (including phenoxy) is 4. The van der Waals surface area contributed by atoms with Crippen LogP contribution in [0.4, 0.5) is 34.1 Å². The molecule has 6 nitrogen and oxygen atoms in total. The smallest absolute Gasteiger partial charge is 0.119 e. The van der Waals surface area contributed by atoms with Crippen molar-refractivity contribution in [1.82, 2.24) is 0 Å². The van der Waals surface area contributed by atoms with E-state index in [4.69, 9.17) is 18.9 Å². The van der Waals surface area contributed by atoms with Gasteiger partial charge in [-0.1, -0.05) is 127 Å². The lowest BCUT2D eigenvalue weighted by molar-refractivity contribution is -0.0721. The minimum atomic E-state index is 0.177. The molecule has 9 aromatic rings. The molecule has 0 saturated carbocycles. The second-order valence-electron chi connectivity index (χ2n) is 17.7. The number of hydrogen-bond acceptors (Lipinski definition) is 6. The van der Waals surface area contributed by atoms with E-state index in [1.165, 1.54) is 32.3 Å². The van der Waals surface area contributed by atoms with Crippen LogP contribution in [-0.2, 0) is 9.47 Å². The zero-order chi connectivity index (χ0) is 46.4. The summed E-state index contributed by atoms with van der Waals surface area (Å²) < 4.78 is 23.4. The van der Waals surface area contributed by atoms with Crippen molar-refractivity contribution in [3.05, 3.63) is 223 Å². The number of nitrogens with zero attached hydrogens (tertiary/aromatic N) is 2. The molecule has 2 atom stereocenters. The Kier molecular flexibility index (Phi) is 12.7. The summed E-state index contributed by atoms with van der Waals surface area (Å²) in [6.45, 7) is 6.67. The lowest BCUT2D eigenvalue weighted by atomic mass is 9.99. The van der Waals surface area contributed by atoms with Gasteiger partial charge in [0.05, 0.1) is 23.6 Å². The highest BCUT2D eigenvalue weighted by Crippen LogP contribution is 2.45. The van der Waals surface area contributed by atoms with Gasteiger partial charge in [-0.05, 0) is 130 Å².